The highest BCUT2D eigenvalue weighted by Gasteiger charge is 2.15. The molecular formula is C10H10Br2O2. The minimum absolute atomic E-state index is 0.0380. The minimum atomic E-state index is -0.316. The summed E-state index contributed by atoms with van der Waals surface area (Å²) in [6.07, 6.45) is 0. The molecule has 0 heterocycles. The molecule has 0 unspecified atom stereocenters. The zero-order chi connectivity index (χ0) is 10.7. The van der Waals surface area contributed by atoms with Crippen molar-refractivity contribution in [2.24, 2.45) is 0 Å². The van der Waals surface area contributed by atoms with Crippen molar-refractivity contribution in [3.05, 3.63) is 34.9 Å². The molecule has 1 aromatic carbocycles. The minimum Gasteiger partial charge on any atom is -0.465 e. The maximum absolute atomic E-state index is 11.4. The largest absolute Gasteiger partial charge is 0.465 e. The van der Waals surface area contributed by atoms with Gasteiger partial charge in [0.1, 0.15) is 0 Å². The summed E-state index contributed by atoms with van der Waals surface area (Å²) < 4.78 is 4.65. The molecule has 0 bridgehead atoms. The molecule has 1 rings (SSSR count). The second kappa shape index (κ2) is 4.94. The number of ether oxygens (including phenoxy) is 1. The van der Waals surface area contributed by atoms with Crippen LogP contribution >= 0.6 is 31.9 Å². The lowest BCUT2D eigenvalue weighted by Crippen LogP contribution is -2.05. The van der Waals surface area contributed by atoms with E-state index in [-0.39, 0.29) is 9.71 Å². The molecule has 14 heavy (non-hydrogen) atoms. The van der Waals surface area contributed by atoms with Crippen LogP contribution in [0, 0.1) is 6.92 Å². The van der Waals surface area contributed by atoms with Gasteiger partial charge in [0.15, 0.2) is 0 Å². The van der Waals surface area contributed by atoms with Crippen LogP contribution in [0.4, 0.5) is 0 Å². The number of esters is 1. The number of hydrogen-bond acceptors (Lipinski definition) is 2. The first-order chi connectivity index (χ1) is 6.56. The van der Waals surface area contributed by atoms with Crippen molar-refractivity contribution in [3.63, 3.8) is 0 Å². The van der Waals surface area contributed by atoms with Gasteiger partial charge < -0.3 is 4.74 Å². The number of aryl methyl sites for hydroxylation is 1. The molecule has 0 aliphatic rings. The van der Waals surface area contributed by atoms with Gasteiger partial charge in [0.05, 0.1) is 16.4 Å². The van der Waals surface area contributed by atoms with Gasteiger partial charge in [0, 0.05) is 0 Å². The van der Waals surface area contributed by atoms with Crippen molar-refractivity contribution >= 4 is 37.8 Å². The summed E-state index contributed by atoms with van der Waals surface area (Å²) in [5.74, 6) is -0.316. The first kappa shape index (κ1) is 11.7. The number of rotatable bonds is 2. The number of hydrogen-bond donors (Lipinski definition) is 0. The van der Waals surface area contributed by atoms with Gasteiger partial charge in [-0.15, -0.1) is 0 Å². The van der Waals surface area contributed by atoms with Gasteiger partial charge in [0.25, 0.3) is 0 Å². The molecule has 0 aliphatic heterocycles. The third-order valence-electron chi connectivity index (χ3n) is 1.85. The number of methoxy groups -OCH3 is 1. The Morgan fingerprint density at radius 3 is 2.57 bits per heavy atom. The first-order valence-electron chi connectivity index (χ1n) is 4.03. The van der Waals surface area contributed by atoms with E-state index >= 15 is 0 Å². The molecule has 0 spiro atoms. The molecule has 0 aromatic heterocycles. The number of halogens is 2. The van der Waals surface area contributed by atoms with Crippen LogP contribution in [0.5, 0.6) is 0 Å². The number of alkyl halides is 2. The molecule has 0 radical (unpaired) electrons. The zero-order valence-corrected chi connectivity index (χ0v) is 11.1. The Morgan fingerprint density at radius 1 is 1.43 bits per heavy atom. The van der Waals surface area contributed by atoms with Gasteiger partial charge in [-0.3, -0.25) is 0 Å². The summed E-state index contributed by atoms with van der Waals surface area (Å²) >= 11 is 6.75. The third kappa shape index (κ3) is 2.58. The summed E-state index contributed by atoms with van der Waals surface area (Å²) in [4.78, 5) is 11.4. The number of carbonyl (C=O) groups excluding carboxylic acids is 1. The fourth-order valence-electron chi connectivity index (χ4n) is 1.16. The monoisotopic (exact) mass is 320 g/mol. The standard InChI is InChI=1S/C10H10Br2O2/c1-6-3-4-7(10(13)14-2)8(5-6)9(11)12/h3-5,9H,1-2H3. The Kier molecular flexibility index (Phi) is 4.13. The second-order valence-electron chi connectivity index (χ2n) is 2.88. The van der Waals surface area contributed by atoms with Gasteiger partial charge in [-0.05, 0) is 18.6 Å². The van der Waals surface area contributed by atoms with E-state index in [1.165, 1.54) is 7.11 Å². The lowest BCUT2D eigenvalue weighted by Gasteiger charge is -2.09. The Morgan fingerprint density at radius 2 is 2.07 bits per heavy atom. The Labute approximate surface area is 99.9 Å². The maximum Gasteiger partial charge on any atom is 0.338 e. The van der Waals surface area contributed by atoms with Crippen molar-refractivity contribution in [3.8, 4) is 0 Å². The Hall–Kier alpha value is -0.350. The molecule has 0 fully saturated rings. The van der Waals surface area contributed by atoms with Crippen LogP contribution in [0.3, 0.4) is 0 Å². The quantitative estimate of drug-likeness (QED) is 0.615. The summed E-state index contributed by atoms with van der Waals surface area (Å²) in [6, 6.07) is 5.60. The molecule has 0 aliphatic carbocycles. The molecular weight excluding hydrogens is 312 g/mol. The Balaban J connectivity index is 3.21. The molecule has 0 N–H and O–H groups in total. The lowest BCUT2D eigenvalue weighted by atomic mass is 10.1. The summed E-state index contributed by atoms with van der Waals surface area (Å²) in [6.45, 7) is 1.98. The van der Waals surface area contributed by atoms with Crippen LogP contribution in [0.15, 0.2) is 18.2 Å². The van der Waals surface area contributed by atoms with Gasteiger partial charge >= 0.3 is 5.97 Å². The number of carbonyl (C=O) groups is 1. The van der Waals surface area contributed by atoms with Crippen LogP contribution in [0.2, 0.25) is 0 Å². The van der Waals surface area contributed by atoms with E-state index in [1.54, 1.807) is 6.07 Å². The van der Waals surface area contributed by atoms with E-state index in [2.05, 4.69) is 36.6 Å². The molecule has 0 saturated carbocycles. The number of benzene rings is 1. The van der Waals surface area contributed by atoms with Crippen LogP contribution in [0.1, 0.15) is 25.2 Å². The van der Waals surface area contributed by atoms with Crippen LogP contribution < -0.4 is 0 Å². The predicted octanol–water partition coefficient (Wildman–Crippen LogP) is 3.57. The summed E-state index contributed by atoms with van der Waals surface area (Å²) in [5, 5.41) is 0. The first-order valence-corrected chi connectivity index (χ1v) is 5.86. The van der Waals surface area contributed by atoms with E-state index in [0.29, 0.717) is 5.56 Å². The highest BCUT2D eigenvalue weighted by molar-refractivity contribution is 9.24. The smallest absolute Gasteiger partial charge is 0.338 e. The van der Waals surface area contributed by atoms with Crippen LogP contribution in [-0.4, -0.2) is 13.1 Å². The van der Waals surface area contributed by atoms with E-state index in [0.717, 1.165) is 11.1 Å². The normalized spacial score (nSPS) is 10.4. The van der Waals surface area contributed by atoms with Crippen LogP contribution in [-0.2, 0) is 4.74 Å². The van der Waals surface area contributed by atoms with E-state index in [9.17, 15) is 4.79 Å². The summed E-state index contributed by atoms with van der Waals surface area (Å²) in [5.41, 5.74) is 2.57. The maximum atomic E-state index is 11.4. The van der Waals surface area contributed by atoms with Gasteiger partial charge in [-0.1, -0.05) is 49.6 Å². The highest BCUT2D eigenvalue weighted by atomic mass is 79.9. The zero-order valence-electron chi connectivity index (χ0n) is 7.88. The van der Waals surface area contributed by atoms with Crippen molar-refractivity contribution in [1.29, 1.82) is 0 Å². The van der Waals surface area contributed by atoms with Crippen molar-refractivity contribution in [2.45, 2.75) is 10.7 Å². The third-order valence-corrected chi connectivity index (χ3v) is 2.83. The average Bonchev–Trinajstić information content (AvgIpc) is 2.16. The Bertz CT molecular complexity index is 348. The van der Waals surface area contributed by atoms with E-state index < -0.39 is 0 Å². The molecule has 76 valence electrons. The second-order valence-corrected chi connectivity index (χ2v) is 5.94. The van der Waals surface area contributed by atoms with Gasteiger partial charge in [-0.25, -0.2) is 4.79 Å². The molecule has 1 aromatic rings. The van der Waals surface area contributed by atoms with E-state index in [4.69, 9.17) is 0 Å². The van der Waals surface area contributed by atoms with Gasteiger partial charge in [0.2, 0.25) is 0 Å². The summed E-state index contributed by atoms with van der Waals surface area (Å²) in [7, 11) is 1.38. The highest BCUT2D eigenvalue weighted by Crippen LogP contribution is 2.32. The fourth-order valence-corrected chi connectivity index (χ4v) is 1.92. The predicted molar refractivity (Wildman–Crippen MR) is 63.1 cm³/mol. The van der Waals surface area contributed by atoms with Crippen molar-refractivity contribution in [2.75, 3.05) is 7.11 Å². The average molecular weight is 322 g/mol. The fraction of sp³-hybridized carbons (Fsp3) is 0.300. The lowest BCUT2D eigenvalue weighted by molar-refractivity contribution is 0.0600. The molecule has 0 atom stereocenters. The molecule has 0 amide bonds. The van der Waals surface area contributed by atoms with Crippen molar-refractivity contribution in [1.82, 2.24) is 0 Å². The SMILES string of the molecule is COC(=O)c1ccc(C)cc1C(Br)Br. The molecule has 0 saturated heterocycles. The van der Waals surface area contributed by atoms with Crippen molar-refractivity contribution < 1.29 is 9.53 Å². The molecule has 4 heteroatoms. The molecule has 2 nitrogen and oxygen atoms in total. The van der Waals surface area contributed by atoms with Gasteiger partial charge in [-0.2, -0.15) is 0 Å². The topological polar surface area (TPSA) is 26.3 Å². The van der Waals surface area contributed by atoms with E-state index in [1.807, 2.05) is 19.1 Å². The van der Waals surface area contributed by atoms with Crippen LogP contribution in [0.25, 0.3) is 0 Å².